The van der Waals surface area contributed by atoms with Gasteiger partial charge in [-0.25, -0.2) is 0 Å². The van der Waals surface area contributed by atoms with Crippen LogP contribution in [-0.4, -0.2) is 17.8 Å². The molecule has 1 aromatic rings. The maximum absolute atomic E-state index is 12.1. The van der Waals surface area contributed by atoms with Gasteiger partial charge in [-0.15, -0.1) is 11.6 Å². The summed E-state index contributed by atoms with van der Waals surface area (Å²) in [4.78, 5) is 12.1. The van der Waals surface area contributed by atoms with E-state index >= 15 is 0 Å². The fraction of sp³-hybridized carbons (Fsp3) is 0.615. The molecule has 0 aliphatic rings. The second-order valence-electron chi connectivity index (χ2n) is 4.41. The molecule has 0 saturated carbocycles. The van der Waals surface area contributed by atoms with Crippen LogP contribution in [-0.2, 0) is 6.42 Å². The number of rotatable bonds is 6. The van der Waals surface area contributed by atoms with Crippen LogP contribution >= 0.6 is 11.6 Å². The first kappa shape index (κ1) is 14.1. The van der Waals surface area contributed by atoms with E-state index in [-0.39, 0.29) is 11.9 Å². The lowest BCUT2D eigenvalue weighted by atomic mass is 10.0. The quantitative estimate of drug-likeness (QED) is 0.795. The van der Waals surface area contributed by atoms with Crippen molar-refractivity contribution >= 4 is 17.5 Å². The van der Waals surface area contributed by atoms with Crippen molar-refractivity contribution in [2.24, 2.45) is 5.92 Å². The minimum absolute atomic E-state index is 0.0700. The molecule has 0 fully saturated rings. The van der Waals surface area contributed by atoms with Crippen molar-refractivity contribution in [3.63, 3.8) is 0 Å². The molecule has 0 spiro atoms. The van der Waals surface area contributed by atoms with Crippen molar-refractivity contribution in [2.75, 3.05) is 5.88 Å². The lowest BCUT2D eigenvalue weighted by molar-refractivity contribution is 0.0923. The number of hydrogen-bond acceptors (Lipinski definition) is 2. The Balaban J connectivity index is 2.70. The monoisotopic (exact) mass is 257 g/mol. The smallest absolute Gasteiger partial charge is 0.255 e. The molecule has 0 aliphatic carbocycles. The van der Waals surface area contributed by atoms with Gasteiger partial charge in [0.2, 0.25) is 0 Å². The van der Waals surface area contributed by atoms with Crippen LogP contribution in [0, 0.1) is 5.92 Å². The van der Waals surface area contributed by atoms with Crippen LogP contribution in [0.15, 0.2) is 16.7 Å². The van der Waals surface area contributed by atoms with Gasteiger partial charge in [-0.3, -0.25) is 4.79 Å². The van der Waals surface area contributed by atoms with E-state index in [9.17, 15) is 4.79 Å². The van der Waals surface area contributed by atoms with Gasteiger partial charge in [0.15, 0.2) is 0 Å². The molecule has 1 rings (SSSR count). The highest BCUT2D eigenvalue weighted by atomic mass is 35.5. The summed E-state index contributed by atoms with van der Waals surface area (Å²) in [6, 6.07) is 1.83. The van der Waals surface area contributed by atoms with Crippen molar-refractivity contribution in [3.8, 4) is 0 Å². The third-order valence-electron chi connectivity index (χ3n) is 2.85. The summed E-state index contributed by atoms with van der Waals surface area (Å²) < 4.78 is 5.25. The SMILES string of the molecule is CCc1occc1C(=O)NC(CCCl)C(C)C. The van der Waals surface area contributed by atoms with Crippen LogP contribution in [0.25, 0.3) is 0 Å². The minimum atomic E-state index is -0.0700. The zero-order chi connectivity index (χ0) is 12.8. The van der Waals surface area contributed by atoms with Gasteiger partial charge in [-0.1, -0.05) is 20.8 Å². The molecule has 0 saturated heterocycles. The summed E-state index contributed by atoms with van der Waals surface area (Å²) in [7, 11) is 0. The van der Waals surface area contributed by atoms with Crippen LogP contribution in [0.5, 0.6) is 0 Å². The van der Waals surface area contributed by atoms with Crippen molar-refractivity contribution in [3.05, 3.63) is 23.7 Å². The molecule has 17 heavy (non-hydrogen) atoms. The molecule has 0 aromatic carbocycles. The van der Waals surface area contributed by atoms with Crippen molar-refractivity contribution < 1.29 is 9.21 Å². The molecule has 1 N–H and O–H groups in total. The maximum atomic E-state index is 12.1. The standard InChI is InChI=1S/C13H20ClNO2/c1-4-12-10(6-8-17-12)13(16)15-11(5-7-14)9(2)3/h6,8-9,11H,4-5,7H2,1-3H3,(H,15,16). The average molecular weight is 258 g/mol. The van der Waals surface area contributed by atoms with E-state index < -0.39 is 0 Å². The predicted molar refractivity (Wildman–Crippen MR) is 69.5 cm³/mol. The topological polar surface area (TPSA) is 42.2 Å². The normalized spacial score (nSPS) is 12.8. The van der Waals surface area contributed by atoms with E-state index in [0.717, 1.165) is 18.6 Å². The molecule has 1 aromatic heterocycles. The Hall–Kier alpha value is -0.960. The highest BCUT2D eigenvalue weighted by Crippen LogP contribution is 2.13. The van der Waals surface area contributed by atoms with Gasteiger partial charge >= 0.3 is 0 Å². The van der Waals surface area contributed by atoms with Crippen LogP contribution in [0.3, 0.4) is 0 Å². The van der Waals surface area contributed by atoms with E-state index in [4.69, 9.17) is 16.0 Å². The Morgan fingerprint density at radius 1 is 1.53 bits per heavy atom. The van der Waals surface area contributed by atoms with E-state index in [1.165, 1.54) is 0 Å². The summed E-state index contributed by atoms with van der Waals surface area (Å²) in [5.41, 5.74) is 0.632. The predicted octanol–water partition coefficient (Wildman–Crippen LogP) is 3.23. The van der Waals surface area contributed by atoms with E-state index in [1.807, 2.05) is 6.92 Å². The summed E-state index contributed by atoms with van der Waals surface area (Å²) in [6.07, 6.45) is 3.06. The van der Waals surface area contributed by atoms with Crippen molar-refractivity contribution in [2.45, 2.75) is 39.7 Å². The van der Waals surface area contributed by atoms with Crippen LogP contribution in [0.1, 0.15) is 43.3 Å². The number of nitrogens with one attached hydrogen (secondary N) is 1. The van der Waals surface area contributed by atoms with Crippen molar-refractivity contribution in [1.82, 2.24) is 5.32 Å². The molecule has 0 radical (unpaired) electrons. The largest absolute Gasteiger partial charge is 0.469 e. The molecular weight excluding hydrogens is 238 g/mol. The molecule has 1 atom stereocenters. The van der Waals surface area contributed by atoms with Gasteiger partial charge in [0, 0.05) is 18.3 Å². The summed E-state index contributed by atoms with van der Waals surface area (Å²) in [6.45, 7) is 6.12. The summed E-state index contributed by atoms with van der Waals surface area (Å²) in [5.74, 6) is 1.58. The first-order valence-electron chi connectivity index (χ1n) is 6.03. The molecule has 0 bridgehead atoms. The Bertz CT molecular complexity index is 360. The van der Waals surface area contributed by atoms with Gasteiger partial charge in [0.05, 0.1) is 11.8 Å². The fourth-order valence-electron chi connectivity index (χ4n) is 1.75. The second kappa shape index (κ2) is 6.70. The molecule has 1 amide bonds. The van der Waals surface area contributed by atoms with Gasteiger partial charge in [-0.2, -0.15) is 0 Å². The van der Waals surface area contributed by atoms with Gasteiger partial charge in [-0.05, 0) is 18.4 Å². The van der Waals surface area contributed by atoms with Crippen LogP contribution in [0.4, 0.5) is 0 Å². The second-order valence-corrected chi connectivity index (χ2v) is 4.79. The maximum Gasteiger partial charge on any atom is 0.255 e. The van der Waals surface area contributed by atoms with Crippen LogP contribution < -0.4 is 5.32 Å². The van der Waals surface area contributed by atoms with Crippen LogP contribution in [0.2, 0.25) is 0 Å². The Kier molecular flexibility index (Phi) is 5.56. The Labute approximate surface area is 108 Å². The first-order chi connectivity index (χ1) is 8.10. The number of carbonyl (C=O) groups excluding carboxylic acids is 1. The third-order valence-corrected chi connectivity index (χ3v) is 3.07. The third kappa shape index (κ3) is 3.77. The molecule has 1 heterocycles. The van der Waals surface area contributed by atoms with Crippen molar-refractivity contribution in [1.29, 1.82) is 0 Å². The summed E-state index contributed by atoms with van der Waals surface area (Å²) >= 11 is 5.74. The first-order valence-corrected chi connectivity index (χ1v) is 6.56. The van der Waals surface area contributed by atoms with E-state index in [0.29, 0.717) is 17.4 Å². The minimum Gasteiger partial charge on any atom is -0.469 e. The highest BCUT2D eigenvalue weighted by Gasteiger charge is 2.19. The molecule has 4 heteroatoms. The lowest BCUT2D eigenvalue weighted by Crippen LogP contribution is -2.39. The Morgan fingerprint density at radius 2 is 2.24 bits per heavy atom. The number of hydrogen-bond donors (Lipinski definition) is 1. The number of aryl methyl sites for hydroxylation is 1. The molecule has 3 nitrogen and oxygen atoms in total. The fourth-order valence-corrected chi connectivity index (χ4v) is 1.99. The zero-order valence-electron chi connectivity index (χ0n) is 10.6. The molecular formula is C13H20ClNO2. The van der Waals surface area contributed by atoms with E-state index in [2.05, 4.69) is 19.2 Å². The number of furan rings is 1. The van der Waals surface area contributed by atoms with Gasteiger partial charge in [0.25, 0.3) is 5.91 Å². The average Bonchev–Trinajstić information content (AvgIpc) is 2.76. The molecule has 1 unspecified atom stereocenters. The molecule has 96 valence electrons. The highest BCUT2D eigenvalue weighted by molar-refractivity contribution is 6.17. The Morgan fingerprint density at radius 3 is 2.76 bits per heavy atom. The lowest BCUT2D eigenvalue weighted by Gasteiger charge is -2.21. The number of carbonyl (C=O) groups is 1. The summed E-state index contributed by atoms with van der Waals surface area (Å²) in [5, 5.41) is 3.01. The number of alkyl halides is 1. The molecule has 0 aliphatic heterocycles. The van der Waals surface area contributed by atoms with Gasteiger partial charge < -0.3 is 9.73 Å². The zero-order valence-corrected chi connectivity index (χ0v) is 11.4. The number of halogens is 1. The van der Waals surface area contributed by atoms with Gasteiger partial charge in [0.1, 0.15) is 5.76 Å². The number of amides is 1. The van der Waals surface area contributed by atoms with E-state index in [1.54, 1.807) is 12.3 Å².